The lowest BCUT2D eigenvalue weighted by Crippen LogP contribution is -2.41. The van der Waals surface area contributed by atoms with E-state index in [-0.39, 0.29) is 18.0 Å². The van der Waals surface area contributed by atoms with Gasteiger partial charge in [-0.25, -0.2) is 4.98 Å². The zero-order valence-electron chi connectivity index (χ0n) is 11.6. The molecule has 0 N–H and O–H groups in total. The largest absolute Gasteiger partial charge is 0.433 e. The Morgan fingerprint density at radius 2 is 1.78 bits per heavy atom. The summed E-state index contributed by atoms with van der Waals surface area (Å²) in [6, 6.07) is 1.62. The number of rotatable bonds is 1. The van der Waals surface area contributed by atoms with Crippen molar-refractivity contribution in [3.05, 3.63) is 23.4 Å². The summed E-state index contributed by atoms with van der Waals surface area (Å²) in [5.74, 6) is -0.457. The molecule has 9 heteroatoms. The van der Waals surface area contributed by atoms with Gasteiger partial charge in [-0.05, 0) is 37.3 Å². The van der Waals surface area contributed by atoms with Crippen molar-refractivity contribution in [2.75, 3.05) is 4.90 Å². The molecule has 0 unspecified atom stereocenters. The van der Waals surface area contributed by atoms with Crippen molar-refractivity contribution in [1.82, 2.24) is 4.98 Å². The van der Waals surface area contributed by atoms with E-state index in [9.17, 15) is 31.6 Å². The van der Waals surface area contributed by atoms with Crippen LogP contribution in [0.5, 0.6) is 0 Å². The van der Waals surface area contributed by atoms with E-state index >= 15 is 0 Å². The zero-order chi connectivity index (χ0) is 17.0. The van der Waals surface area contributed by atoms with Gasteiger partial charge in [0.05, 0.1) is 11.6 Å². The Hall–Kier alpha value is -1.98. The molecule has 0 amide bonds. The molecule has 1 aromatic heterocycles. The van der Waals surface area contributed by atoms with Crippen molar-refractivity contribution in [2.45, 2.75) is 43.7 Å². The molecule has 2 fully saturated rings. The van der Waals surface area contributed by atoms with E-state index in [0.29, 0.717) is 18.9 Å². The van der Waals surface area contributed by atoms with E-state index in [1.54, 1.807) is 0 Å². The topological polar surface area (TPSA) is 39.9 Å². The Morgan fingerprint density at radius 1 is 1.09 bits per heavy atom. The van der Waals surface area contributed by atoms with Gasteiger partial charge in [0, 0.05) is 6.04 Å². The Kier molecular flexibility index (Phi) is 3.46. The van der Waals surface area contributed by atoms with E-state index in [4.69, 9.17) is 0 Å². The van der Waals surface area contributed by atoms with Crippen molar-refractivity contribution < 1.29 is 26.3 Å². The summed E-state index contributed by atoms with van der Waals surface area (Å²) in [6.45, 7) is 0. The molecule has 23 heavy (non-hydrogen) atoms. The molecule has 1 aliphatic carbocycles. The first-order chi connectivity index (χ1) is 10.6. The van der Waals surface area contributed by atoms with Crippen LogP contribution < -0.4 is 4.90 Å². The summed E-state index contributed by atoms with van der Waals surface area (Å²) in [7, 11) is 0. The van der Waals surface area contributed by atoms with Gasteiger partial charge >= 0.3 is 12.4 Å². The van der Waals surface area contributed by atoms with Crippen LogP contribution in [0.15, 0.2) is 12.1 Å². The molecule has 2 bridgehead atoms. The van der Waals surface area contributed by atoms with Gasteiger partial charge in [0.1, 0.15) is 17.6 Å². The number of nitriles is 1. The number of anilines is 1. The molecule has 2 heterocycles. The molecule has 1 saturated heterocycles. The van der Waals surface area contributed by atoms with E-state index in [0.717, 1.165) is 6.42 Å². The fourth-order valence-electron chi connectivity index (χ4n) is 3.44. The van der Waals surface area contributed by atoms with Gasteiger partial charge < -0.3 is 4.90 Å². The molecule has 0 radical (unpaired) electrons. The highest BCUT2D eigenvalue weighted by atomic mass is 19.4. The maximum Gasteiger partial charge on any atom is 0.433 e. The number of fused-ring (bicyclic) bond motifs is 2. The van der Waals surface area contributed by atoms with Crippen molar-refractivity contribution in [2.24, 2.45) is 5.92 Å². The van der Waals surface area contributed by atoms with E-state index in [1.807, 2.05) is 6.07 Å². The second kappa shape index (κ2) is 5.01. The average Bonchev–Trinajstić information content (AvgIpc) is 3.05. The summed E-state index contributed by atoms with van der Waals surface area (Å²) in [4.78, 5) is 4.69. The minimum absolute atomic E-state index is 0.000785. The molecule has 1 saturated carbocycles. The first kappa shape index (κ1) is 15.9. The number of nitrogens with zero attached hydrogens (tertiary/aromatic N) is 3. The first-order valence-corrected chi connectivity index (χ1v) is 6.95. The molecule has 2 aliphatic rings. The van der Waals surface area contributed by atoms with E-state index < -0.39 is 35.5 Å². The SMILES string of the molecule is N#C[C@@H]1[C@H]2CC[C@H](C2)N1c1cc(C(F)(F)F)cc(C(F)(F)F)n1. The van der Waals surface area contributed by atoms with Gasteiger partial charge in [-0.2, -0.15) is 31.6 Å². The number of hydrogen-bond acceptors (Lipinski definition) is 3. The van der Waals surface area contributed by atoms with Crippen LogP contribution in [0.25, 0.3) is 0 Å². The molecule has 3 atom stereocenters. The molecular formula is C14H11F6N3. The quantitative estimate of drug-likeness (QED) is 0.728. The number of hydrogen-bond donors (Lipinski definition) is 0. The number of aromatic nitrogens is 1. The van der Waals surface area contributed by atoms with Crippen LogP contribution in [0.2, 0.25) is 0 Å². The highest BCUT2D eigenvalue weighted by molar-refractivity contribution is 5.50. The highest BCUT2D eigenvalue weighted by Crippen LogP contribution is 2.45. The minimum atomic E-state index is -4.99. The lowest BCUT2D eigenvalue weighted by molar-refractivity contribution is -0.145. The van der Waals surface area contributed by atoms with Crippen LogP contribution in [-0.2, 0) is 12.4 Å². The fourth-order valence-corrected chi connectivity index (χ4v) is 3.44. The summed E-state index contributed by atoms with van der Waals surface area (Å²) < 4.78 is 77.4. The second-order valence-electron chi connectivity index (χ2n) is 5.80. The average molecular weight is 335 g/mol. The summed E-state index contributed by atoms with van der Waals surface area (Å²) in [5, 5.41) is 9.21. The summed E-state index contributed by atoms with van der Waals surface area (Å²) >= 11 is 0. The third-order valence-corrected chi connectivity index (χ3v) is 4.41. The van der Waals surface area contributed by atoms with E-state index in [1.165, 1.54) is 4.90 Å². The Morgan fingerprint density at radius 3 is 2.35 bits per heavy atom. The maximum absolute atomic E-state index is 12.9. The first-order valence-electron chi connectivity index (χ1n) is 6.95. The van der Waals surface area contributed by atoms with Gasteiger partial charge in [0.15, 0.2) is 0 Å². The Bertz CT molecular complexity index is 628. The van der Waals surface area contributed by atoms with Gasteiger partial charge in [0.25, 0.3) is 0 Å². The number of halogens is 6. The Labute approximate surface area is 127 Å². The van der Waals surface area contributed by atoms with Gasteiger partial charge in [-0.1, -0.05) is 0 Å². The lowest BCUT2D eigenvalue weighted by Gasteiger charge is -2.33. The van der Waals surface area contributed by atoms with Crippen molar-refractivity contribution in [3.8, 4) is 6.07 Å². The molecule has 3 nitrogen and oxygen atoms in total. The van der Waals surface area contributed by atoms with Gasteiger partial charge in [-0.3, -0.25) is 0 Å². The van der Waals surface area contributed by atoms with Crippen molar-refractivity contribution in [1.29, 1.82) is 5.26 Å². The van der Waals surface area contributed by atoms with E-state index in [2.05, 4.69) is 4.98 Å². The summed E-state index contributed by atoms with van der Waals surface area (Å²) in [5.41, 5.74) is -3.00. The van der Waals surface area contributed by atoms with Gasteiger partial charge in [-0.15, -0.1) is 0 Å². The number of pyridine rings is 1. The highest BCUT2D eigenvalue weighted by Gasteiger charge is 2.48. The molecule has 1 aromatic rings. The van der Waals surface area contributed by atoms with Crippen LogP contribution in [0, 0.1) is 17.2 Å². The van der Waals surface area contributed by atoms with Crippen LogP contribution in [0.3, 0.4) is 0 Å². The van der Waals surface area contributed by atoms with Crippen LogP contribution in [-0.4, -0.2) is 17.1 Å². The molecule has 1 aliphatic heterocycles. The van der Waals surface area contributed by atoms with Crippen LogP contribution >= 0.6 is 0 Å². The normalized spacial score (nSPS) is 27.3. The molecular weight excluding hydrogens is 324 g/mol. The molecule has 3 rings (SSSR count). The third-order valence-electron chi connectivity index (χ3n) is 4.41. The smallest absolute Gasteiger partial charge is 0.337 e. The predicted octanol–water partition coefficient (Wildman–Crippen LogP) is 4.00. The maximum atomic E-state index is 12.9. The fraction of sp³-hybridized carbons (Fsp3) is 0.571. The predicted molar refractivity (Wildman–Crippen MR) is 67.2 cm³/mol. The van der Waals surface area contributed by atoms with Gasteiger partial charge in [0.2, 0.25) is 0 Å². The van der Waals surface area contributed by atoms with Crippen molar-refractivity contribution >= 4 is 5.82 Å². The number of alkyl halides is 6. The monoisotopic (exact) mass is 335 g/mol. The second-order valence-corrected chi connectivity index (χ2v) is 5.80. The Balaban J connectivity index is 2.10. The number of piperidine rings is 1. The van der Waals surface area contributed by atoms with Crippen molar-refractivity contribution in [3.63, 3.8) is 0 Å². The third kappa shape index (κ3) is 2.71. The molecule has 0 spiro atoms. The van der Waals surface area contributed by atoms with Crippen LogP contribution in [0.4, 0.5) is 32.2 Å². The lowest BCUT2D eigenvalue weighted by atomic mass is 10.00. The minimum Gasteiger partial charge on any atom is -0.337 e. The molecule has 124 valence electrons. The van der Waals surface area contributed by atoms with Crippen LogP contribution in [0.1, 0.15) is 30.5 Å². The summed E-state index contributed by atoms with van der Waals surface area (Å²) in [6.07, 6.45) is -7.92. The zero-order valence-corrected chi connectivity index (χ0v) is 11.6. The standard InChI is InChI=1S/C14H11F6N3/c15-13(16,17)8-4-11(14(18,19)20)22-12(5-8)23-9-2-1-7(3-9)10(23)6-21/h4-5,7,9-10H,1-3H2/t7-,9+,10+/m0/s1. The molecule has 0 aromatic carbocycles.